The minimum Gasteiger partial charge on any atom is -0.368 e. The lowest BCUT2D eigenvalue weighted by atomic mass is 10.1. The van der Waals surface area contributed by atoms with Gasteiger partial charge < -0.3 is 11.5 Å². The number of hydrogen-bond acceptors (Lipinski definition) is 3. The lowest BCUT2D eigenvalue weighted by Gasteiger charge is -2.16. The van der Waals surface area contributed by atoms with E-state index in [0.29, 0.717) is 10.8 Å². The number of rotatable bonds is 3. The zero-order chi connectivity index (χ0) is 14.2. The number of nitrogens with two attached hydrogens (primary N) is 2. The van der Waals surface area contributed by atoms with E-state index in [2.05, 4.69) is 6.07 Å². The van der Waals surface area contributed by atoms with Gasteiger partial charge >= 0.3 is 0 Å². The Labute approximate surface area is 108 Å². The van der Waals surface area contributed by atoms with Gasteiger partial charge in [0.2, 0.25) is 5.91 Å². The maximum Gasteiger partial charge on any atom is 0.265 e. The third-order valence-corrected chi connectivity index (χ3v) is 2.93. The van der Waals surface area contributed by atoms with Gasteiger partial charge in [0.15, 0.2) is 0 Å². The molecule has 0 aliphatic heterocycles. The van der Waals surface area contributed by atoms with Gasteiger partial charge in [-0.2, -0.15) is 0 Å². The van der Waals surface area contributed by atoms with Gasteiger partial charge in [0.1, 0.15) is 11.7 Å². The van der Waals surface area contributed by atoms with Crippen molar-refractivity contribution in [2.75, 3.05) is 0 Å². The van der Waals surface area contributed by atoms with Crippen molar-refractivity contribution in [3.05, 3.63) is 46.4 Å². The van der Waals surface area contributed by atoms with Crippen LogP contribution in [0.5, 0.6) is 0 Å². The molecule has 1 heterocycles. The normalized spacial score (nSPS) is 12.3. The largest absolute Gasteiger partial charge is 0.368 e. The predicted octanol–water partition coefficient (Wildman–Crippen LogP) is -0.0531. The van der Waals surface area contributed by atoms with Crippen LogP contribution in [0.3, 0.4) is 0 Å². The van der Waals surface area contributed by atoms with Crippen LogP contribution in [0.25, 0.3) is 10.8 Å². The molecule has 4 N–H and O–H groups in total. The molecule has 0 fully saturated rings. The van der Waals surface area contributed by atoms with Crippen molar-refractivity contribution in [2.24, 2.45) is 11.5 Å². The second-order valence-electron chi connectivity index (χ2n) is 4.14. The van der Waals surface area contributed by atoms with Gasteiger partial charge in [-0.05, 0) is 30.5 Å². The minimum atomic E-state index is -0.959. The fourth-order valence-corrected chi connectivity index (χ4v) is 1.90. The Morgan fingerprint density at radius 2 is 2.05 bits per heavy atom. The van der Waals surface area contributed by atoms with E-state index in [1.165, 1.54) is 13.0 Å². The summed E-state index contributed by atoms with van der Waals surface area (Å²) in [7, 11) is 0. The number of pyridine rings is 1. The molecule has 0 bridgehead atoms. The van der Waals surface area contributed by atoms with Crippen molar-refractivity contribution in [3.8, 4) is 0 Å². The SMILES string of the molecule is C[C@H](C(N)=O)n1c(C(N)=O)cc2[c]cccc2c1=O. The van der Waals surface area contributed by atoms with E-state index in [0.717, 1.165) is 4.57 Å². The standard InChI is InChI=1S/C13H12N3O3/c1-7(11(14)17)16-10(12(15)18)6-8-4-2-3-5-9(8)13(16)19/h2-3,5-7H,1H3,(H2,14,17)(H2,15,18)/t7-/m1/s1. The molecule has 6 heteroatoms. The molecular formula is C13H12N3O3. The summed E-state index contributed by atoms with van der Waals surface area (Å²) in [6.45, 7) is 1.44. The van der Waals surface area contributed by atoms with Crippen LogP contribution in [0.4, 0.5) is 0 Å². The van der Waals surface area contributed by atoms with Gasteiger partial charge in [0, 0.05) is 5.39 Å². The van der Waals surface area contributed by atoms with Crippen LogP contribution >= 0.6 is 0 Å². The van der Waals surface area contributed by atoms with E-state index in [1.807, 2.05) is 0 Å². The van der Waals surface area contributed by atoms with E-state index in [4.69, 9.17) is 11.5 Å². The summed E-state index contributed by atoms with van der Waals surface area (Å²) in [6, 6.07) is 8.17. The third kappa shape index (κ3) is 2.08. The maximum atomic E-state index is 12.3. The molecule has 2 aromatic rings. The number of amides is 2. The average molecular weight is 258 g/mol. The summed E-state index contributed by atoms with van der Waals surface area (Å²) in [4.78, 5) is 35.0. The van der Waals surface area contributed by atoms with Gasteiger partial charge in [-0.1, -0.05) is 12.1 Å². The molecule has 2 rings (SSSR count). The summed E-state index contributed by atoms with van der Waals surface area (Å²) in [5.74, 6) is -1.52. The van der Waals surface area contributed by atoms with Gasteiger partial charge in [-0.3, -0.25) is 19.0 Å². The number of carbonyl (C=O) groups is 2. The molecule has 0 saturated heterocycles. The molecule has 2 amide bonds. The van der Waals surface area contributed by atoms with Gasteiger partial charge in [0.05, 0.1) is 0 Å². The molecule has 1 aromatic carbocycles. The lowest BCUT2D eigenvalue weighted by Crippen LogP contribution is -2.36. The van der Waals surface area contributed by atoms with E-state index in [-0.39, 0.29) is 5.69 Å². The molecule has 97 valence electrons. The van der Waals surface area contributed by atoms with Crippen molar-refractivity contribution in [1.82, 2.24) is 4.57 Å². The number of hydrogen-bond donors (Lipinski definition) is 2. The van der Waals surface area contributed by atoms with Crippen molar-refractivity contribution >= 4 is 22.6 Å². The van der Waals surface area contributed by atoms with Crippen LogP contribution in [0.1, 0.15) is 23.5 Å². The number of primary amides is 2. The van der Waals surface area contributed by atoms with Gasteiger partial charge in [0.25, 0.3) is 11.5 Å². The monoisotopic (exact) mass is 258 g/mol. The lowest BCUT2D eigenvalue weighted by molar-refractivity contribution is -0.120. The molecule has 6 nitrogen and oxygen atoms in total. The van der Waals surface area contributed by atoms with E-state index < -0.39 is 23.4 Å². The molecule has 0 aliphatic rings. The minimum absolute atomic E-state index is 0.0637. The van der Waals surface area contributed by atoms with Crippen molar-refractivity contribution < 1.29 is 9.59 Å². The van der Waals surface area contributed by atoms with Gasteiger partial charge in [-0.15, -0.1) is 0 Å². The molecular weight excluding hydrogens is 246 g/mol. The predicted molar refractivity (Wildman–Crippen MR) is 69.5 cm³/mol. The second-order valence-corrected chi connectivity index (χ2v) is 4.14. The highest BCUT2D eigenvalue weighted by Crippen LogP contribution is 2.14. The van der Waals surface area contributed by atoms with Crippen molar-refractivity contribution in [2.45, 2.75) is 13.0 Å². The van der Waals surface area contributed by atoms with Crippen LogP contribution in [0, 0.1) is 6.07 Å². The van der Waals surface area contributed by atoms with E-state index >= 15 is 0 Å². The van der Waals surface area contributed by atoms with Crippen LogP contribution < -0.4 is 17.0 Å². The molecule has 1 atom stereocenters. The summed E-state index contributed by atoms with van der Waals surface area (Å²) < 4.78 is 1.01. The molecule has 1 radical (unpaired) electrons. The fraction of sp³-hybridized carbons (Fsp3) is 0.154. The summed E-state index contributed by atoms with van der Waals surface area (Å²) >= 11 is 0. The Morgan fingerprint density at radius 1 is 1.37 bits per heavy atom. The Bertz CT molecular complexity index is 733. The molecule has 0 aliphatic carbocycles. The quantitative estimate of drug-likeness (QED) is 0.805. The highest BCUT2D eigenvalue weighted by molar-refractivity contribution is 5.96. The number of benzene rings is 1. The second kappa shape index (κ2) is 4.56. The Morgan fingerprint density at radius 3 is 2.63 bits per heavy atom. The first-order valence-electron chi connectivity index (χ1n) is 5.58. The van der Waals surface area contributed by atoms with Gasteiger partial charge in [-0.25, -0.2) is 0 Å². The first-order valence-corrected chi connectivity index (χ1v) is 5.58. The number of aromatic nitrogens is 1. The third-order valence-electron chi connectivity index (χ3n) is 2.93. The smallest absolute Gasteiger partial charge is 0.265 e. The molecule has 19 heavy (non-hydrogen) atoms. The highest BCUT2D eigenvalue weighted by atomic mass is 16.2. The fourth-order valence-electron chi connectivity index (χ4n) is 1.90. The summed E-state index contributed by atoms with van der Waals surface area (Å²) in [5, 5.41) is 0.815. The van der Waals surface area contributed by atoms with Crippen LogP contribution in [-0.2, 0) is 4.79 Å². The first-order chi connectivity index (χ1) is 8.93. The topological polar surface area (TPSA) is 108 Å². The molecule has 0 unspecified atom stereocenters. The van der Waals surface area contributed by atoms with Crippen LogP contribution in [-0.4, -0.2) is 16.4 Å². The Kier molecular flexibility index (Phi) is 3.08. The van der Waals surface area contributed by atoms with Crippen molar-refractivity contribution in [3.63, 3.8) is 0 Å². The van der Waals surface area contributed by atoms with Crippen LogP contribution in [0.2, 0.25) is 0 Å². The first kappa shape index (κ1) is 12.8. The average Bonchev–Trinajstić information content (AvgIpc) is 2.37. The number of fused-ring (bicyclic) bond motifs is 1. The zero-order valence-electron chi connectivity index (χ0n) is 10.2. The number of carbonyl (C=O) groups excluding carboxylic acids is 2. The summed E-state index contributed by atoms with van der Waals surface area (Å²) in [6.07, 6.45) is 0. The maximum absolute atomic E-state index is 12.3. The Balaban J connectivity index is 2.90. The molecule has 0 saturated carbocycles. The van der Waals surface area contributed by atoms with E-state index in [9.17, 15) is 14.4 Å². The molecule has 0 spiro atoms. The zero-order valence-corrected chi connectivity index (χ0v) is 10.2. The van der Waals surface area contributed by atoms with E-state index in [1.54, 1.807) is 18.2 Å². The highest BCUT2D eigenvalue weighted by Gasteiger charge is 2.20. The Hall–Kier alpha value is -2.63. The number of nitrogens with zero attached hydrogens (tertiary/aromatic N) is 1. The van der Waals surface area contributed by atoms with Crippen molar-refractivity contribution in [1.29, 1.82) is 0 Å². The molecule has 1 aromatic heterocycles. The van der Waals surface area contributed by atoms with Crippen LogP contribution in [0.15, 0.2) is 29.1 Å². The summed E-state index contributed by atoms with van der Waals surface area (Å²) in [5.41, 5.74) is 9.88.